The van der Waals surface area contributed by atoms with Gasteiger partial charge in [0.15, 0.2) is 0 Å². The highest BCUT2D eigenvalue weighted by molar-refractivity contribution is 5.67. The summed E-state index contributed by atoms with van der Waals surface area (Å²) in [6, 6.07) is 0. The molecule has 0 bridgehead atoms. The van der Waals surface area contributed by atoms with E-state index >= 15 is 0 Å². The van der Waals surface area contributed by atoms with Gasteiger partial charge in [0.1, 0.15) is 0 Å². The zero-order chi connectivity index (χ0) is 6.57. The molecule has 3 heteroatoms. The molecule has 2 N–H and O–H groups in total. The first-order valence-corrected chi connectivity index (χ1v) is 2.56. The zero-order valence-corrected chi connectivity index (χ0v) is 4.79. The fourth-order valence-corrected chi connectivity index (χ4v) is 0.346. The Bertz CT molecular complexity index is 79.7. The van der Waals surface area contributed by atoms with Gasteiger partial charge in [-0.3, -0.25) is 4.79 Å². The smallest absolute Gasteiger partial charge is 0.305 e. The minimum Gasteiger partial charge on any atom is -0.481 e. The Balaban J connectivity index is 3.24. The van der Waals surface area contributed by atoms with Gasteiger partial charge < -0.3 is 10.2 Å². The van der Waals surface area contributed by atoms with Crippen molar-refractivity contribution in [3.05, 3.63) is 0 Å². The summed E-state index contributed by atoms with van der Waals surface area (Å²) in [4.78, 5) is 9.81. The molecule has 0 radical (unpaired) electrons. The van der Waals surface area contributed by atoms with Crippen LogP contribution >= 0.6 is 0 Å². The molecule has 0 aliphatic carbocycles. The Morgan fingerprint density at radius 1 is 1.75 bits per heavy atom. The predicted molar refractivity (Wildman–Crippen MR) is 28.6 cm³/mol. The summed E-state index contributed by atoms with van der Waals surface area (Å²) in [6.45, 7) is 1.74. The van der Waals surface area contributed by atoms with E-state index in [1.54, 1.807) is 6.92 Å². The quantitative estimate of drug-likeness (QED) is 0.557. The molecule has 0 spiro atoms. The Morgan fingerprint density at radius 3 is 2.38 bits per heavy atom. The highest BCUT2D eigenvalue weighted by atomic mass is 16.4. The van der Waals surface area contributed by atoms with Crippen LogP contribution < -0.4 is 0 Å². The lowest BCUT2D eigenvalue weighted by atomic mass is 10.2. The molecule has 0 aromatic heterocycles. The van der Waals surface area contributed by atoms with E-state index < -0.39 is 12.1 Å². The first-order valence-electron chi connectivity index (χ1n) is 2.56. The fourth-order valence-electron chi connectivity index (χ4n) is 0.346. The second kappa shape index (κ2) is 3.43. The largest absolute Gasteiger partial charge is 0.481 e. The number of hydrogen-bond acceptors (Lipinski definition) is 2. The van der Waals surface area contributed by atoms with Crippen LogP contribution in [0.3, 0.4) is 0 Å². The molecule has 3 nitrogen and oxygen atoms in total. The minimum atomic E-state index is -0.945. The lowest BCUT2D eigenvalue weighted by Gasteiger charge is -2.00. The van der Waals surface area contributed by atoms with Crippen LogP contribution in [-0.4, -0.2) is 22.3 Å². The zero-order valence-electron chi connectivity index (χ0n) is 4.79. The molecule has 48 valence electrons. The number of aliphatic carboxylic acids is 1. The van der Waals surface area contributed by atoms with Crippen molar-refractivity contribution in [2.45, 2.75) is 25.9 Å². The van der Waals surface area contributed by atoms with E-state index in [2.05, 4.69) is 0 Å². The molecule has 0 unspecified atom stereocenters. The molecule has 0 saturated carbocycles. The van der Waals surface area contributed by atoms with Crippen LogP contribution in [0.5, 0.6) is 0 Å². The summed E-state index contributed by atoms with van der Waals surface area (Å²) in [5.41, 5.74) is 0. The van der Waals surface area contributed by atoms with Gasteiger partial charge in [0.05, 0.1) is 12.5 Å². The summed E-state index contributed by atoms with van der Waals surface area (Å²) >= 11 is 0. The lowest BCUT2D eigenvalue weighted by molar-refractivity contribution is -0.139. The van der Waals surface area contributed by atoms with E-state index in [0.29, 0.717) is 6.42 Å². The van der Waals surface area contributed by atoms with Crippen molar-refractivity contribution < 1.29 is 15.0 Å². The van der Waals surface area contributed by atoms with Crippen molar-refractivity contribution in [3.63, 3.8) is 0 Å². The van der Waals surface area contributed by atoms with E-state index in [-0.39, 0.29) is 6.42 Å². The van der Waals surface area contributed by atoms with E-state index in [9.17, 15) is 4.79 Å². The van der Waals surface area contributed by atoms with Crippen molar-refractivity contribution in [1.82, 2.24) is 0 Å². The monoisotopic (exact) mass is 118 g/mol. The third-order valence-corrected chi connectivity index (χ3v) is 0.881. The molecule has 0 aliphatic rings. The van der Waals surface area contributed by atoms with Crippen LogP contribution in [0.1, 0.15) is 19.8 Å². The first-order chi connectivity index (χ1) is 3.66. The summed E-state index contributed by atoms with van der Waals surface area (Å²) in [6.07, 6.45) is -0.310. The molecule has 0 saturated heterocycles. The van der Waals surface area contributed by atoms with E-state index in [4.69, 9.17) is 10.2 Å². The van der Waals surface area contributed by atoms with Gasteiger partial charge in [-0.1, -0.05) is 6.92 Å². The average Bonchev–Trinajstić information content (AvgIpc) is 1.65. The molecular weight excluding hydrogens is 108 g/mol. The highest BCUT2D eigenvalue weighted by Crippen LogP contribution is 1.94. The van der Waals surface area contributed by atoms with Gasteiger partial charge in [0, 0.05) is 0 Å². The molecule has 0 fully saturated rings. The normalized spacial score (nSPS) is 13.2. The van der Waals surface area contributed by atoms with Crippen molar-refractivity contribution in [1.29, 1.82) is 0 Å². The van der Waals surface area contributed by atoms with Gasteiger partial charge in [0.25, 0.3) is 0 Å². The van der Waals surface area contributed by atoms with Gasteiger partial charge >= 0.3 is 5.97 Å². The molecule has 0 rings (SSSR count). The minimum absolute atomic E-state index is 0.142. The van der Waals surface area contributed by atoms with Crippen molar-refractivity contribution in [2.75, 3.05) is 0 Å². The first kappa shape index (κ1) is 7.43. The van der Waals surface area contributed by atoms with Gasteiger partial charge in [-0.05, 0) is 6.42 Å². The summed E-state index contributed by atoms with van der Waals surface area (Å²) in [5.74, 6) is -0.945. The summed E-state index contributed by atoms with van der Waals surface area (Å²) < 4.78 is 0. The molecule has 8 heavy (non-hydrogen) atoms. The number of carbonyl (C=O) groups is 1. The maximum atomic E-state index is 9.81. The summed E-state index contributed by atoms with van der Waals surface area (Å²) in [5, 5.41) is 16.7. The topological polar surface area (TPSA) is 57.5 Å². The number of aliphatic hydroxyl groups is 1. The molecule has 0 aromatic rings. The van der Waals surface area contributed by atoms with E-state index in [1.165, 1.54) is 0 Å². The van der Waals surface area contributed by atoms with Gasteiger partial charge in [-0.25, -0.2) is 0 Å². The number of aliphatic hydroxyl groups excluding tert-OH is 1. The Hall–Kier alpha value is -0.570. The van der Waals surface area contributed by atoms with Crippen LogP contribution in [0, 0.1) is 0 Å². The van der Waals surface area contributed by atoms with Crippen LogP contribution in [0.15, 0.2) is 0 Å². The molecule has 1 atom stereocenters. The van der Waals surface area contributed by atoms with Gasteiger partial charge in [-0.15, -0.1) is 0 Å². The Labute approximate surface area is 47.9 Å². The lowest BCUT2D eigenvalue weighted by Crippen LogP contribution is -2.10. The number of carboxylic acids is 1. The van der Waals surface area contributed by atoms with E-state index in [0.717, 1.165) is 0 Å². The second-order valence-electron chi connectivity index (χ2n) is 1.66. The predicted octanol–water partition coefficient (Wildman–Crippen LogP) is 0.232. The van der Waals surface area contributed by atoms with E-state index in [1.807, 2.05) is 0 Å². The summed E-state index contributed by atoms with van der Waals surface area (Å²) in [7, 11) is 0. The third-order valence-electron chi connectivity index (χ3n) is 0.881. The third kappa shape index (κ3) is 3.61. The van der Waals surface area contributed by atoms with Crippen molar-refractivity contribution in [2.24, 2.45) is 0 Å². The van der Waals surface area contributed by atoms with Crippen molar-refractivity contribution in [3.8, 4) is 0 Å². The SMILES string of the molecule is CC[C@H](O)CC(=O)O. The molecule has 0 aliphatic heterocycles. The molecular formula is C5H10O3. The Morgan fingerprint density at radius 2 is 2.25 bits per heavy atom. The van der Waals surface area contributed by atoms with Crippen molar-refractivity contribution >= 4 is 5.97 Å². The maximum Gasteiger partial charge on any atom is 0.305 e. The molecule has 0 aromatic carbocycles. The van der Waals surface area contributed by atoms with Crippen LogP contribution in [0.2, 0.25) is 0 Å². The molecule has 0 heterocycles. The number of carboxylic acid groups (broad SMARTS) is 1. The average molecular weight is 118 g/mol. The van der Waals surface area contributed by atoms with Gasteiger partial charge in [-0.2, -0.15) is 0 Å². The van der Waals surface area contributed by atoms with Crippen LogP contribution in [0.4, 0.5) is 0 Å². The fraction of sp³-hybridized carbons (Fsp3) is 0.800. The number of rotatable bonds is 3. The maximum absolute atomic E-state index is 9.81. The highest BCUT2D eigenvalue weighted by Gasteiger charge is 2.04. The molecule has 0 amide bonds. The second-order valence-corrected chi connectivity index (χ2v) is 1.66. The Kier molecular flexibility index (Phi) is 3.19. The number of hydrogen-bond donors (Lipinski definition) is 2. The van der Waals surface area contributed by atoms with Crippen LogP contribution in [0.25, 0.3) is 0 Å². The van der Waals surface area contributed by atoms with Gasteiger partial charge in [0.2, 0.25) is 0 Å². The van der Waals surface area contributed by atoms with Crippen LogP contribution in [-0.2, 0) is 4.79 Å². The standard InChI is InChI=1S/C5H10O3/c1-2-4(6)3-5(7)8/h4,6H,2-3H2,1H3,(H,7,8)/t4-/m0/s1.